The topological polar surface area (TPSA) is 56.8 Å². The van der Waals surface area contributed by atoms with E-state index in [1.807, 2.05) is 6.07 Å². The lowest BCUT2D eigenvalue weighted by atomic mass is 10.0. The van der Waals surface area contributed by atoms with Gasteiger partial charge in [-0.2, -0.15) is 13.2 Å². The SMILES string of the molecule is O=C(Nc1cccc(C(F)(F)F)c1)C1CCc2cc3c(cc2O1)OCO3. The lowest BCUT2D eigenvalue weighted by Gasteiger charge is -2.25. The first kappa shape index (κ1) is 16.6. The van der Waals surface area contributed by atoms with Gasteiger partial charge in [-0.1, -0.05) is 6.07 Å². The van der Waals surface area contributed by atoms with Crippen molar-refractivity contribution in [1.29, 1.82) is 0 Å². The molecule has 8 heteroatoms. The van der Waals surface area contributed by atoms with E-state index >= 15 is 0 Å². The largest absolute Gasteiger partial charge is 0.480 e. The number of hydrogen-bond donors (Lipinski definition) is 1. The minimum atomic E-state index is -4.47. The Balaban J connectivity index is 1.48. The Kier molecular flexibility index (Phi) is 3.90. The first-order valence-corrected chi connectivity index (χ1v) is 7.97. The predicted octanol–water partition coefficient (Wildman–Crippen LogP) is 3.77. The summed E-state index contributed by atoms with van der Waals surface area (Å²) in [5.41, 5.74) is 0.153. The molecule has 1 amide bonds. The maximum absolute atomic E-state index is 12.8. The molecule has 2 aliphatic heterocycles. The maximum Gasteiger partial charge on any atom is 0.416 e. The third-order valence-electron chi connectivity index (χ3n) is 4.25. The van der Waals surface area contributed by atoms with Crippen LogP contribution in [-0.4, -0.2) is 18.8 Å². The number of amides is 1. The Bertz CT molecular complexity index is 866. The summed E-state index contributed by atoms with van der Waals surface area (Å²) in [4.78, 5) is 12.4. The Morgan fingerprint density at radius 1 is 1.08 bits per heavy atom. The van der Waals surface area contributed by atoms with Crippen LogP contribution in [0.15, 0.2) is 36.4 Å². The highest BCUT2D eigenvalue weighted by molar-refractivity contribution is 5.94. The van der Waals surface area contributed by atoms with Gasteiger partial charge in [0.15, 0.2) is 17.6 Å². The molecule has 0 radical (unpaired) electrons. The minimum absolute atomic E-state index is 0.0740. The summed E-state index contributed by atoms with van der Waals surface area (Å²) in [6.07, 6.45) is -4.26. The van der Waals surface area contributed by atoms with E-state index in [1.54, 1.807) is 6.07 Å². The van der Waals surface area contributed by atoms with Gasteiger partial charge in [-0.15, -0.1) is 0 Å². The Morgan fingerprint density at radius 2 is 1.85 bits per heavy atom. The van der Waals surface area contributed by atoms with Crippen LogP contribution in [0.3, 0.4) is 0 Å². The fourth-order valence-corrected chi connectivity index (χ4v) is 2.95. The minimum Gasteiger partial charge on any atom is -0.480 e. The van der Waals surface area contributed by atoms with Crippen LogP contribution in [0.4, 0.5) is 18.9 Å². The molecular weight excluding hydrogens is 351 g/mol. The summed E-state index contributed by atoms with van der Waals surface area (Å²) >= 11 is 0. The van der Waals surface area contributed by atoms with Crippen LogP contribution >= 0.6 is 0 Å². The number of alkyl halides is 3. The van der Waals surface area contributed by atoms with Crippen molar-refractivity contribution < 1.29 is 32.2 Å². The van der Waals surface area contributed by atoms with Crippen LogP contribution in [0.1, 0.15) is 17.5 Å². The number of ether oxygens (including phenoxy) is 3. The van der Waals surface area contributed by atoms with Crippen molar-refractivity contribution >= 4 is 11.6 Å². The third-order valence-corrected chi connectivity index (χ3v) is 4.25. The second kappa shape index (κ2) is 6.12. The number of hydrogen-bond acceptors (Lipinski definition) is 4. The molecule has 2 aliphatic rings. The van der Waals surface area contributed by atoms with Crippen LogP contribution in [0.25, 0.3) is 0 Å². The summed E-state index contributed by atoms with van der Waals surface area (Å²) in [6, 6.07) is 7.98. The molecule has 0 aromatic heterocycles. The van der Waals surface area contributed by atoms with Gasteiger partial charge in [0.05, 0.1) is 5.56 Å². The van der Waals surface area contributed by atoms with E-state index in [2.05, 4.69) is 5.32 Å². The monoisotopic (exact) mass is 365 g/mol. The molecule has 1 atom stereocenters. The molecule has 0 saturated carbocycles. The molecule has 0 aliphatic carbocycles. The highest BCUT2D eigenvalue weighted by Gasteiger charge is 2.32. The number of rotatable bonds is 2. The Labute approximate surface area is 146 Å². The van der Waals surface area contributed by atoms with Crippen LogP contribution in [-0.2, 0) is 17.4 Å². The molecule has 5 nitrogen and oxygen atoms in total. The molecule has 0 fully saturated rings. The van der Waals surface area contributed by atoms with Gasteiger partial charge in [-0.3, -0.25) is 4.79 Å². The molecule has 2 aromatic carbocycles. The zero-order chi connectivity index (χ0) is 18.3. The van der Waals surface area contributed by atoms with E-state index in [0.717, 1.165) is 17.7 Å². The van der Waals surface area contributed by atoms with Crippen molar-refractivity contribution in [2.75, 3.05) is 12.1 Å². The second-order valence-corrected chi connectivity index (χ2v) is 6.03. The molecule has 0 spiro atoms. The number of fused-ring (bicyclic) bond motifs is 2. The second-order valence-electron chi connectivity index (χ2n) is 6.03. The summed E-state index contributed by atoms with van der Waals surface area (Å²) in [5, 5.41) is 2.49. The third kappa shape index (κ3) is 3.14. The summed E-state index contributed by atoms with van der Waals surface area (Å²) < 4.78 is 54.6. The maximum atomic E-state index is 12.8. The van der Waals surface area contributed by atoms with Crippen LogP contribution in [0.2, 0.25) is 0 Å². The first-order valence-electron chi connectivity index (χ1n) is 7.97. The lowest BCUT2D eigenvalue weighted by molar-refractivity contribution is -0.137. The normalized spacial score (nSPS) is 18.0. The van der Waals surface area contributed by atoms with E-state index in [1.165, 1.54) is 12.1 Å². The van der Waals surface area contributed by atoms with E-state index in [0.29, 0.717) is 30.1 Å². The van der Waals surface area contributed by atoms with Crippen molar-refractivity contribution in [3.8, 4) is 17.2 Å². The summed E-state index contributed by atoms with van der Waals surface area (Å²) in [6.45, 7) is 0.137. The van der Waals surface area contributed by atoms with Crippen LogP contribution in [0, 0.1) is 0 Å². The number of carbonyl (C=O) groups is 1. The van der Waals surface area contributed by atoms with Gasteiger partial charge in [0.1, 0.15) is 5.75 Å². The first-order chi connectivity index (χ1) is 12.4. The Morgan fingerprint density at radius 3 is 2.62 bits per heavy atom. The molecule has 1 N–H and O–H groups in total. The standard InChI is InChI=1S/C18H14F3NO4/c19-18(20,21)11-2-1-3-12(7-11)22-17(23)13-5-4-10-6-15-16(25-9-24-15)8-14(10)26-13/h1-3,6-8,13H,4-5,9H2,(H,22,23). The molecule has 1 unspecified atom stereocenters. The quantitative estimate of drug-likeness (QED) is 0.880. The van der Waals surface area contributed by atoms with Gasteiger partial charge in [-0.25, -0.2) is 0 Å². The van der Waals surface area contributed by atoms with Crippen molar-refractivity contribution in [2.45, 2.75) is 25.1 Å². The highest BCUT2D eigenvalue weighted by atomic mass is 19.4. The Hall–Kier alpha value is -2.90. The van der Waals surface area contributed by atoms with E-state index in [-0.39, 0.29) is 12.5 Å². The number of aryl methyl sites for hydroxylation is 1. The molecule has 0 saturated heterocycles. The molecular formula is C18H14F3NO4. The predicted molar refractivity (Wildman–Crippen MR) is 85.4 cm³/mol. The molecule has 2 heterocycles. The fraction of sp³-hybridized carbons (Fsp3) is 0.278. The number of nitrogens with one attached hydrogen (secondary N) is 1. The molecule has 2 aromatic rings. The molecule has 0 bridgehead atoms. The summed E-state index contributed by atoms with van der Waals surface area (Å²) in [7, 11) is 0. The number of halogens is 3. The number of anilines is 1. The van der Waals surface area contributed by atoms with Gasteiger partial charge >= 0.3 is 6.18 Å². The highest BCUT2D eigenvalue weighted by Crippen LogP contribution is 2.41. The number of benzene rings is 2. The average Bonchev–Trinajstić information content (AvgIpc) is 3.06. The van der Waals surface area contributed by atoms with Gasteiger partial charge in [0, 0.05) is 11.8 Å². The van der Waals surface area contributed by atoms with Gasteiger partial charge in [-0.05, 0) is 42.7 Å². The zero-order valence-corrected chi connectivity index (χ0v) is 13.4. The van der Waals surface area contributed by atoms with E-state index < -0.39 is 23.8 Å². The fourth-order valence-electron chi connectivity index (χ4n) is 2.95. The van der Waals surface area contributed by atoms with Crippen molar-refractivity contribution in [3.63, 3.8) is 0 Å². The van der Waals surface area contributed by atoms with Gasteiger partial charge < -0.3 is 19.5 Å². The zero-order valence-electron chi connectivity index (χ0n) is 13.4. The van der Waals surface area contributed by atoms with Crippen molar-refractivity contribution in [2.24, 2.45) is 0 Å². The molecule has 136 valence electrons. The lowest BCUT2D eigenvalue weighted by Crippen LogP contribution is -2.35. The van der Waals surface area contributed by atoms with E-state index in [9.17, 15) is 18.0 Å². The number of carbonyl (C=O) groups excluding carboxylic acids is 1. The van der Waals surface area contributed by atoms with Crippen molar-refractivity contribution in [1.82, 2.24) is 0 Å². The summed E-state index contributed by atoms with van der Waals surface area (Å²) in [5.74, 6) is 1.21. The van der Waals surface area contributed by atoms with E-state index in [4.69, 9.17) is 14.2 Å². The molecule has 26 heavy (non-hydrogen) atoms. The van der Waals surface area contributed by atoms with Crippen molar-refractivity contribution in [3.05, 3.63) is 47.5 Å². The van der Waals surface area contributed by atoms with Gasteiger partial charge in [0.2, 0.25) is 6.79 Å². The smallest absolute Gasteiger partial charge is 0.416 e. The van der Waals surface area contributed by atoms with Crippen LogP contribution in [0.5, 0.6) is 17.2 Å². The molecule has 4 rings (SSSR count). The van der Waals surface area contributed by atoms with Gasteiger partial charge in [0.25, 0.3) is 5.91 Å². The average molecular weight is 365 g/mol. The van der Waals surface area contributed by atoms with Crippen LogP contribution < -0.4 is 19.5 Å².